The maximum absolute atomic E-state index is 8.38. The first-order valence-corrected chi connectivity index (χ1v) is 5.38. The number of halogens is 1. The van der Waals surface area contributed by atoms with E-state index < -0.39 is 0 Å². The second kappa shape index (κ2) is 5.72. The summed E-state index contributed by atoms with van der Waals surface area (Å²) in [5.41, 5.74) is 6.51. The minimum atomic E-state index is 0.155. The van der Waals surface area contributed by atoms with Crippen LogP contribution in [0.4, 0.5) is 0 Å². The summed E-state index contributed by atoms with van der Waals surface area (Å²) in [5, 5.41) is 14.4. The molecule has 0 heterocycles. The normalized spacial score (nSPS) is 13.9. The number of rotatable bonds is 4. The summed E-state index contributed by atoms with van der Waals surface area (Å²) in [4.78, 5) is 0. The molecule has 0 amide bonds. The Hall–Kier alpha value is -1.07. The number of oxime groups is 1. The van der Waals surface area contributed by atoms with Gasteiger partial charge in [-0.25, -0.2) is 0 Å². The molecule has 1 aromatic carbocycles. The number of nitrogens with two attached hydrogens (primary N) is 1. The second-order valence-corrected chi connectivity index (χ2v) is 4.16. The van der Waals surface area contributed by atoms with Crippen LogP contribution in [0.5, 0.6) is 0 Å². The van der Waals surface area contributed by atoms with Crippen molar-refractivity contribution in [3.63, 3.8) is 0 Å². The lowest BCUT2D eigenvalue weighted by atomic mass is 10.1. The molecule has 0 aliphatic carbocycles. The molecule has 82 valence electrons. The van der Waals surface area contributed by atoms with Gasteiger partial charge in [0.25, 0.3) is 0 Å². The Morgan fingerprint density at radius 2 is 2.40 bits per heavy atom. The molecule has 0 bridgehead atoms. The predicted molar refractivity (Wildman–Crippen MR) is 64.0 cm³/mol. The van der Waals surface area contributed by atoms with Gasteiger partial charge in [-0.15, -0.1) is 0 Å². The van der Waals surface area contributed by atoms with Gasteiger partial charge in [0, 0.05) is 10.5 Å². The fourth-order valence-electron chi connectivity index (χ4n) is 1.19. The van der Waals surface area contributed by atoms with E-state index in [1.165, 1.54) is 0 Å². The van der Waals surface area contributed by atoms with Gasteiger partial charge in [-0.2, -0.15) is 0 Å². The molecule has 4 nitrogen and oxygen atoms in total. The van der Waals surface area contributed by atoms with Crippen molar-refractivity contribution in [2.24, 2.45) is 10.9 Å². The molecule has 4 N–H and O–H groups in total. The highest BCUT2D eigenvalue weighted by molar-refractivity contribution is 9.10. The standard InChI is InChI=1S/C10H14BrN3O/c1-7(13-6-10(12)14-15)8-3-2-4-9(11)5-8/h2-5,7,13,15H,6H2,1H3,(H2,12,14)/t7-/m1/s1. The van der Waals surface area contributed by atoms with E-state index in [4.69, 9.17) is 10.9 Å². The summed E-state index contributed by atoms with van der Waals surface area (Å²) >= 11 is 3.41. The highest BCUT2D eigenvalue weighted by Gasteiger charge is 2.05. The molecule has 0 aromatic heterocycles. The Morgan fingerprint density at radius 1 is 1.67 bits per heavy atom. The first-order valence-electron chi connectivity index (χ1n) is 4.58. The maximum atomic E-state index is 8.38. The summed E-state index contributed by atoms with van der Waals surface area (Å²) in [7, 11) is 0. The largest absolute Gasteiger partial charge is 0.409 e. The molecule has 0 spiro atoms. The van der Waals surface area contributed by atoms with E-state index in [2.05, 4.69) is 26.4 Å². The lowest BCUT2D eigenvalue weighted by Gasteiger charge is -2.13. The molecular weight excluding hydrogens is 258 g/mol. The zero-order valence-corrected chi connectivity index (χ0v) is 10.0. The van der Waals surface area contributed by atoms with Crippen LogP contribution in [0, 0.1) is 0 Å². The smallest absolute Gasteiger partial charge is 0.153 e. The van der Waals surface area contributed by atoms with E-state index >= 15 is 0 Å². The number of benzene rings is 1. The van der Waals surface area contributed by atoms with Crippen LogP contribution < -0.4 is 11.1 Å². The second-order valence-electron chi connectivity index (χ2n) is 3.25. The maximum Gasteiger partial charge on any atom is 0.153 e. The van der Waals surface area contributed by atoms with Gasteiger partial charge in [0.2, 0.25) is 0 Å². The topological polar surface area (TPSA) is 70.6 Å². The summed E-state index contributed by atoms with van der Waals surface area (Å²) in [6.45, 7) is 2.39. The van der Waals surface area contributed by atoms with E-state index in [1.807, 2.05) is 31.2 Å². The minimum Gasteiger partial charge on any atom is -0.409 e. The van der Waals surface area contributed by atoms with Crippen LogP contribution in [0.3, 0.4) is 0 Å². The van der Waals surface area contributed by atoms with E-state index in [9.17, 15) is 0 Å². The van der Waals surface area contributed by atoms with Gasteiger partial charge in [0.1, 0.15) is 0 Å². The Morgan fingerprint density at radius 3 is 3.00 bits per heavy atom. The van der Waals surface area contributed by atoms with Gasteiger partial charge in [-0.05, 0) is 24.6 Å². The first-order chi connectivity index (χ1) is 7.13. The van der Waals surface area contributed by atoms with Gasteiger partial charge in [0.15, 0.2) is 5.84 Å². The van der Waals surface area contributed by atoms with Crippen molar-refractivity contribution in [1.29, 1.82) is 0 Å². The predicted octanol–water partition coefficient (Wildman–Crippen LogP) is 1.85. The lowest BCUT2D eigenvalue weighted by Crippen LogP contribution is -2.30. The third kappa shape index (κ3) is 3.89. The summed E-state index contributed by atoms with van der Waals surface area (Å²) in [5.74, 6) is 0.178. The van der Waals surface area contributed by atoms with Gasteiger partial charge in [-0.1, -0.05) is 33.2 Å². The van der Waals surface area contributed by atoms with Crippen LogP contribution in [0.2, 0.25) is 0 Å². The van der Waals surface area contributed by atoms with Gasteiger partial charge in [0.05, 0.1) is 6.54 Å². The molecule has 0 fully saturated rings. The van der Waals surface area contributed by atoms with E-state index in [-0.39, 0.29) is 11.9 Å². The molecule has 15 heavy (non-hydrogen) atoms. The highest BCUT2D eigenvalue weighted by atomic mass is 79.9. The molecule has 0 radical (unpaired) electrons. The van der Waals surface area contributed by atoms with E-state index in [1.54, 1.807) is 0 Å². The number of nitrogens with one attached hydrogen (secondary N) is 1. The number of nitrogens with zero attached hydrogens (tertiary/aromatic N) is 1. The van der Waals surface area contributed by atoms with Crippen LogP contribution in [-0.2, 0) is 0 Å². The fraction of sp³-hybridized carbons (Fsp3) is 0.300. The molecule has 1 rings (SSSR count). The number of hydrogen-bond acceptors (Lipinski definition) is 3. The van der Waals surface area contributed by atoms with Crippen molar-refractivity contribution in [1.82, 2.24) is 5.32 Å². The average Bonchev–Trinajstić information content (AvgIpc) is 2.25. The van der Waals surface area contributed by atoms with Gasteiger partial charge in [-0.3, -0.25) is 0 Å². The first kappa shape index (κ1) is 12.0. The summed E-state index contributed by atoms with van der Waals surface area (Å²) < 4.78 is 1.04. The van der Waals surface area contributed by atoms with Crippen molar-refractivity contribution >= 4 is 21.8 Å². The third-order valence-electron chi connectivity index (χ3n) is 2.07. The van der Waals surface area contributed by atoms with Crippen molar-refractivity contribution in [2.45, 2.75) is 13.0 Å². The van der Waals surface area contributed by atoms with Crippen molar-refractivity contribution in [3.8, 4) is 0 Å². The zero-order chi connectivity index (χ0) is 11.3. The number of hydrogen-bond donors (Lipinski definition) is 3. The minimum absolute atomic E-state index is 0.155. The molecule has 1 aromatic rings. The van der Waals surface area contributed by atoms with Crippen LogP contribution in [0.1, 0.15) is 18.5 Å². The SMILES string of the molecule is C[C@@H](NC/C(N)=N/O)c1cccc(Br)c1. The Bertz CT molecular complexity index is 354. The fourth-order valence-corrected chi connectivity index (χ4v) is 1.60. The molecule has 5 heteroatoms. The molecular formula is C10H14BrN3O. The Balaban J connectivity index is 2.57. The van der Waals surface area contributed by atoms with Crippen LogP contribution in [0.15, 0.2) is 33.9 Å². The molecule has 0 saturated heterocycles. The van der Waals surface area contributed by atoms with E-state index in [0.717, 1.165) is 10.0 Å². The third-order valence-corrected chi connectivity index (χ3v) is 2.56. The van der Waals surface area contributed by atoms with E-state index in [0.29, 0.717) is 6.54 Å². The molecule has 0 aliphatic rings. The Labute approximate surface area is 97.3 Å². The molecule has 0 unspecified atom stereocenters. The summed E-state index contributed by atoms with van der Waals surface area (Å²) in [6.07, 6.45) is 0. The van der Waals surface area contributed by atoms with Crippen LogP contribution in [-0.4, -0.2) is 17.6 Å². The average molecular weight is 272 g/mol. The molecule has 1 atom stereocenters. The number of amidine groups is 1. The lowest BCUT2D eigenvalue weighted by molar-refractivity contribution is 0.316. The van der Waals surface area contributed by atoms with Crippen LogP contribution >= 0.6 is 15.9 Å². The molecule has 0 aliphatic heterocycles. The molecule has 0 saturated carbocycles. The quantitative estimate of drug-likeness (QED) is 0.339. The summed E-state index contributed by atoms with van der Waals surface area (Å²) in [6, 6.07) is 8.15. The van der Waals surface area contributed by atoms with Crippen LogP contribution in [0.25, 0.3) is 0 Å². The van der Waals surface area contributed by atoms with Crippen molar-refractivity contribution in [2.75, 3.05) is 6.54 Å². The van der Waals surface area contributed by atoms with Crippen molar-refractivity contribution in [3.05, 3.63) is 34.3 Å². The monoisotopic (exact) mass is 271 g/mol. The Kier molecular flexibility index (Phi) is 4.58. The van der Waals surface area contributed by atoms with Crippen molar-refractivity contribution < 1.29 is 5.21 Å². The highest BCUT2D eigenvalue weighted by Crippen LogP contribution is 2.17. The van der Waals surface area contributed by atoms with Gasteiger partial charge >= 0.3 is 0 Å². The van der Waals surface area contributed by atoms with Gasteiger partial charge < -0.3 is 16.3 Å². The zero-order valence-electron chi connectivity index (χ0n) is 8.44.